The van der Waals surface area contributed by atoms with Gasteiger partial charge in [-0.25, -0.2) is 15.0 Å². The summed E-state index contributed by atoms with van der Waals surface area (Å²) in [5, 5.41) is 10.9. The molecule has 0 aliphatic rings. The van der Waals surface area contributed by atoms with E-state index in [2.05, 4.69) is 109 Å². The van der Waals surface area contributed by atoms with Gasteiger partial charge in [0.05, 0.1) is 0 Å². The zero-order valence-electron chi connectivity index (χ0n) is 26.6. The van der Waals surface area contributed by atoms with Crippen LogP contribution in [0.4, 0.5) is 0 Å². The molecule has 0 N–H and O–H groups in total. The zero-order valence-corrected chi connectivity index (χ0v) is 26.6. The Morgan fingerprint density at radius 2 is 0.780 bits per heavy atom. The summed E-state index contributed by atoms with van der Waals surface area (Å²) in [5.41, 5.74) is 5.97. The maximum absolute atomic E-state index is 6.47. The van der Waals surface area contributed by atoms with Gasteiger partial charge in [-0.3, -0.25) is 0 Å². The van der Waals surface area contributed by atoms with E-state index in [0.29, 0.717) is 17.5 Å². The number of rotatable bonds is 3. The van der Waals surface area contributed by atoms with E-state index >= 15 is 0 Å². The van der Waals surface area contributed by atoms with E-state index in [0.717, 1.165) is 87.5 Å². The van der Waals surface area contributed by atoms with E-state index in [1.165, 1.54) is 5.39 Å². The van der Waals surface area contributed by atoms with Crippen LogP contribution < -0.4 is 0 Å². The first-order chi connectivity index (χ1) is 24.8. The number of benzene rings is 8. The maximum Gasteiger partial charge on any atom is 0.164 e. The molecule has 0 fully saturated rings. The fourth-order valence-electron chi connectivity index (χ4n) is 7.71. The molecule has 11 rings (SSSR count). The van der Waals surface area contributed by atoms with Gasteiger partial charge in [0.15, 0.2) is 17.5 Å². The van der Waals surface area contributed by atoms with E-state index < -0.39 is 0 Å². The molecule has 11 aromatic rings. The molecule has 0 aliphatic heterocycles. The molecule has 5 heteroatoms. The van der Waals surface area contributed by atoms with Gasteiger partial charge in [0, 0.05) is 38.2 Å². The first kappa shape index (κ1) is 27.1. The van der Waals surface area contributed by atoms with Crippen LogP contribution in [-0.4, -0.2) is 15.0 Å². The van der Waals surface area contributed by atoms with Gasteiger partial charge < -0.3 is 8.83 Å². The molecular formula is C45H25N3O2. The molecular weight excluding hydrogens is 615 g/mol. The van der Waals surface area contributed by atoms with Gasteiger partial charge in [0.1, 0.15) is 22.3 Å². The fraction of sp³-hybridized carbons (Fsp3) is 0. The highest BCUT2D eigenvalue weighted by molar-refractivity contribution is 6.22. The van der Waals surface area contributed by atoms with Gasteiger partial charge in [-0.1, -0.05) is 121 Å². The number of nitrogens with zero attached hydrogens (tertiary/aromatic N) is 3. The Morgan fingerprint density at radius 3 is 1.50 bits per heavy atom. The molecule has 5 nitrogen and oxygen atoms in total. The molecule has 0 radical (unpaired) electrons. The number of furan rings is 2. The van der Waals surface area contributed by atoms with E-state index in [1.54, 1.807) is 0 Å². The van der Waals surface area contributed by atoms with Gasteiger partial charge in [0.2, 0.25) is 0 Å². The van der Waals surface area contributed by atoms with Crippen molar-refractivity contribution in [3.63, 3.8) is 0 Å². The number of fused-ring (bicyclic) bond motifs is 11. The van der Waals surface area contributed by atoms with Crippen LogP contribution in [0.2, 0.25) is 0 Å². The molecule has 232 valence electrons. The predicted molar refractivity (Wildman–Crippen MR) is 203 cm³/mol. The summed E-state index contributed by atoms with van der Waals surface area (Å²) in [6, 6.07) is 52.1. The van der Waals surface area contributed by atoms with Crippen molar-refractivity contribution in [1.82, 2.24) is 15.0 Å². The van der Waals surface area contributed by atoms with Crippen molar-refractivity contribution in [2.75, 3.05) is 0 Å². The fourth-order valence-corrected chi connectivity index (χ4v) is 7.71. The lowest BCUT2D eigenvalue weighted by Gasteiger charge is -2.14. The minimum atomic E-state index is 0.575. The largest absolute Gasteiger partial charge is 0.456 e. The lowest BCUT2D eigenvalue weighted by molar-refractivity contribution is 0.669. The van der Waals surface area contributed by atoms with Crippen molar-refractivity contribution in [1.29, 1.82) is 0 Å². The van der Waals surface area contributed by atoms with Crippen LogP contribution in [0.25, 0.3) is 110 Å². The molecule has 0 atom stereocenters. The number of aromatic nitrogens is 3. The highest BCUT2D eigenvalue weighted by Crippen LogP contribution is 2.42. The molecule has 0 bridgehead atoms. The Hall–Kier alpha value is -6.85. The Bertz CT molecular complexity index is 3170. The summed E-state index contributed by atoms with van der Waals surface area (Å²) in [4.78, 5) is 15.9. The molecule has 0 aliphatic carbocycles. The Labute approximate surface area is 285 Å². The van der Waals surface area contributed by atoms with Crippen molar-refractivity contribution in [2.24, 2.45) is 0 Å². The van der Waals surface area contributed by atoms with Crippen LogP contribution in [0.15, 0.2) is 160 Å². The van der Waals surface area contributed by atoms with Crippen LogP contribution in [0.5, 0.6) is 0 Å². The highest BCUT2D eigenvalue weighted by atomic mass is 16.3. The van der Waals surface area contributed by atoms with Crippen molar-refractivity contribution in [3.8, 4) is 34.2 Å². The minimum absolute atomic E-state index is 0.575. The van der Waals surface area contributed by atoms with Gasteiger partial charge >= 0.3 is 0 Å². The number of hydrogen-bond donors (Lipinski definition) is 0. The van der Waals surface area contributed by atoms with Crippen LogP contribution >= 0.6 is 0 Å². The molecule has 8 aromatic carbocycles. The van der Waals surface area contributed by atoms with Crippen molar-refractivity contribution in [2.45, 2.75) is 0 Å². The van der Waals surface area contributed by atoms with Crippen LogP contribution in [0.1, 0.15) is 0 Å². The smallest absolute Gasteiger partial charge is 0.164 e. The maximum atomic E-state index is 6.47. The Kier molecular flexibility index (Phi) is 5.60. The van der Waals surface area contributed by atoms with Gasteiger partial charge in [0.25, 0.3) is 0 Å². The second-order valence-electron chi connectivity index (χ2n) is 12.7. The van der Waals surface area contributed by atoms with Gasteiger partial charge in [-0.05, 0) is 62.6 Å². The lowest BCUT2D eigenvalue weighted by Crippen LogP contribution is -2.01. The molecule has 0 saturated heterocycles. The summed E-state index contributed by atoms with van der Waals surface area (Å²) in [6.07, 6.45) is 0. The SMILES string of the molecule is c1ccc2c(c1)cc(-c1nc(-c3cc4oc5ccccc5c4c4ccccc34)nc(-c3cccc4oc5ccccc5c34)n1)c1ccccc12. The van der Waals surface area contributed by atoms with E-state index in [4.69, 9.17) is 23.8 Å². The van der Waals surface area contributed by atoms with Crippen LogP contribution in [-0.2, 0) is 0 Å². The molecule has 0 unspecified atom stereocenters. The van der Waals surface area contributed by atoms with E-state index in [1.807, 2.05) is 42.5 Å². The number of para-hydroxylation sites is 2. The first-order valence-electron chi connectivity index (χ1n) is 16.7. The monoisotopic (exact) mass is 639 g/mol. The molecule has 0 spiro atoms. The second-order valence-corrected chi connectivity index (χ2v) is 12.7. The van der Waals surface area contributed by atoms with Crippen molar-refractivity contribution in [3.05, 3.63) is 152 Å². The molecule has 3 heterocycles. The Morgan fingerprint density at radius 1 is 0.300 bits per heavy atom. The van der Waals surface area contributed by atoms with E-state index in [9.17, 15) is 0 Å². The predicted octanol–water partition coefficient (Wildman–Crippen LogP) is 12.1. The van der Waals surface area contributed by atoms with E-state index in [-0.39, 0.29) is 0 Å². The minimum Gasteiger partial charge on any atom is -0.456 e. The van der Waals surface area contributed by atoms with Crippen molar-refractivity contribution >= 4 is 76.2 Å². The summed E-state index contributed by atoms with van der Waals surface area (Å²) < 4.78 is 12.8. The third kappa shape index (κ3) is 3.92. The normalized spacial score (nSPS) is 12.0. The molecule has 3 aromatic heterocycles. The summed E-state index contributed by atoms with van der Waals surface area (Å²) in [6.45, 7) is 0. The standard InChI is InChI=1S/C45H25N3O2/c1-2-13-27-26(12-1)24-35(29-15-4-3-14-28(27)29)44-46-43(34-20-11-23-39-42(34)33-19-8-9-21-37(33)49-39)47-45(48-44)36-25-40-41(31-17-6-5-16-30(31)36)32-18-7-10-22-38(32)50-40/h1-25H. The molecule has 0 amide bonds. The average molecular weight is 640 g/mol. The highest BCUT2D eigenvalue weighted by Gasteiger charge is 2.22. The third-order valence-electron chi connectivity index (χ3n) is 9.91. The van der Waals surface area contributed by atoms with Crippen LogP contribution in [0, 0.1) is 0 Å². The summed E-state index contributed by atoms with van der Waals surface area (Å²) >= 11 is 0. The second kappa shape index (κ2) is 10.3. The summed E-state index contributed by atoms with van der Waals surface area (Å²) in [5.74, 6) is 1.75. The average Bonchev–Trinajstić information content (AvgIpc) is 3.76. The third-order valence-corrected chi connectivity index (χ3v) is 9.91. The quantitative estimate of drug-likeness (QED) is 0.180. The van der Waals surface area contributed by atoms with Gasteiger partial charge in [-0.15, -0.1) is 0 Å². The Balaban J connectivity index is 1.27. The molecule has 50 heavy (non-hydrogen) atoms. The van der Waals surface area contributed by atoms with Gasteiger partial charge in [-0.2, -0.15) is 0 Å². The zero-order chi connectivity index (χ0) is 32.8. The molecule has 0 saturated carbocycles. The lowest BCUT2D eigenvalue weighted by atomic mass is 9.96. The van der Waals surface area contributed by atoms with Crippen LogP contribution in [0.3, 0.4) is 0 Å². The first-order valence-corrected chi connectivity index (χ1v) is 16.7. The van der Waals surface area contributed by atoms with Crippen molar-refractivity contribution < 1.29 is 8.83 Å². The summed E-state index contributed by atoms with van der Waals surface area (Å²) in [7, 11) is 0. The topological polar surface area (TPSA) is 65.0 Å². The number of hydrogen-bond acceptors (Lipinski definition) is 5.